The molecule has 524 valence electrons. The first-order chi connectivity index (χ1) is 46.9. The van der Waals surface area contributed by atoms with E-state index in [-0.39, 0.29) is 55.6 Å². The van der Waals surface area contributed by atoms with Gasteiger partial charge in [0.15, 0.2) is 0 Å². The zero-order valence-corrected chi connectivity index (χ0v) is 56.1. The lowest BCUT2D eigenvalue weighted by molar-refractivity contribution is -0.143. The van der Waals surface area contributed by atoms with E-state index < -0.39 is 64.6 Å². The molecular formula is C74H84ClF7N8O8. The molecule has 0 saturated carbocycles. The number of alkyl halides is 6. The van der Waals surface area contributed by atoms with Crippen LogP contribution in [-0.2, 0) is 53.6 Å². The molecule has 6 aromatic carbocycles. The maximum atomic E-state index is 14.2. The minimum atomic E-state index is -5.15. The second-order valence-corrected chi connectivity index (χ2v) is 26.5. The Bertz CT molecular complexity index is 3710. The lowest BCUT2D eigenvalue weighted by Gasteiger charge is -2.44. The Kier molecular flexibility index (Phi) is 23.9. The van der Waals surface area contributed by atoms with E-state index >= 15 is 0 Å². The van der Waals surface area contributed by atoms with Crippen molar-refractivity contribution in [1.82, 2.24) is 29.4 Å². The Morgan fingerprint density at radius 1 is 0.684 bits per heavy atom. The fourth-order valence-electron chi connectivity index (χ4n) is 13.8. The van der Waals surface area contributed by atoms with E-state index in [0.717, 1.165) is 84.6 Å². The summed E-state index contributed by atoms with van der Waals surface area (Å²) >= 11 is 6.68. The van der Waals surface area contributed by atoms with Crippen LogP contribution in [0.5, 0.6) is 0 Å². The van der Waals surface area contributed by atoms with Gasteiger partial charge in [0.1, 0.15) is 30.9 Å². The number of likely N-dealkylation sites (tertiary alicyclic amines) is 2. The maximum absolute atomic E-state index is 14.2. The highest BCUT2D eigenvalue weighted by molar-refractivity contribution is 6.34. The molecule has 2 atom stereocenters. The topological polar surface area (TPSA) is 157 Å². The molecule has 0 aromatic heterocycles. The van der Waals surface area contributed by atoms with Crippen LogP contribution in [0.4, 0.5) is 46.9 Å². The molecule has 3 saturated heterocycles. The number of anilines is 2. The Balaban J connectivity index is 0.611. The molecule has 3 fully saturated rings. The van der Waals surface area contributed by atoms with Gasteiger partial charge in [-0.15, -0.1) is 0 Å². The van der Waals surface area contributed by atoms with Crippen LogP contribution in [0.3, 0.4) is 0 Å². The zero-order chi connectivity index (χ0) is 69.8. The zero-order valence-electron chi connectivity index (χ0n) is 55.4. The fraction of sp³-hybridized carbons (Fsp3) is 0.446. The first kappa shape index (κ1) is 72.6. The van der Waals surface area contributed by atoms with Gasteiger partial charge in [0.05, 0.1) is 40.0 Å². The number of rotatable bonds is 26. The number of carbonyl (C=O) groups is 5. The number of benzene rings is 6. The third-order valence-electron chi connectivity index (χ3n) is 19.6. The number of nitrogens with one attached hydrogen (secondary N) is 2. The SMILES string of the molecule is CN(CCN1CCC(OC(=O)Nc2ccccc2-c2ccccc2)CC1)C(=O)CCCCCNc1ccc(C(=O)N(C)CCCN(C)C(=O)CO[C@H]2Cc3ccccc3C23CCN(CC[C@@]2(c4ccc(F)cc4)CN(C(=O)c4cc(C(F)(F)F)cc(C(F)(F)F)c4)CO2)CC3)c(Cl)c1. The Morgan fingerprint density at radius 3 is 2.04 bits per heavy atom. The van der Waals surface area contributed by atoms with Gasteiger partial charge in [-0.25, -0.2) is 9.18 Å². The molecule has 4 aliphatic rings. The van der Waals surface area contributed by atoms with E-state index in [4.69, 9.17) is 25.8 Å². The summed E-state index contributed by atoms with van der Waals surface area (Å²) in [6.07, 6.45) is -4.28. The van der Waals surface area contributed by atoms with E-state index in [2.05, 4.69) is 32.6 Å². The molecular weight excluding hydrogens is 1300 g/mol. The Hall–Kier alpha value is -8.09. The summed E-state index contributed by atoms with van der Waals surface area (Å²) < 4.78 is 116. The van der Waals surface area contributed by atoms with Crippen LogP contribution < -0.4 is 10.6 Å². The van der Waals surface area contributed by atoms with Crippen molar-refractivity contribution in [3.63, 3.8) is 0 Å². The molecule has 3 aliphatic heterocycles. The number of piperidine rings is 2. The van der Waals surface area contributed by atoms with Crippen molar-refractivity contribution >= 4 is 52.7 Å². The third-order valence-corrected chi connectivity index (χ3v) is 19.9. The van der Waals surface area contributed by atoms with Gasteiger partial charge >= 0.3 is 18.4 Å². The first-order valence-corrected chi connectivity index (χ1v) is 33.8. The summed E-state index contributed by atoms with van der Waals surface area (Å²) in [7, 11) is 5.23. The quantitative estimate of drug-likeness (QED) is 0.0394. The molecule has 24 heteroatoms. The Morgan fingerprint density at radius 2 is 1.34 bits per heavy atom. The predicted octanol–water partition coefficient (Wildman–Crippen LogP) is 13.6. The van der Waals surface area contributed by atoms with Crippen LogP contribution in [0.15, 0.2) is 140 Å². The lowest BCUT2D eigenvalue weighted by atomic mass is 9.72. The summed E-state index contributed by atoms with van der Waals surface area (Å²) in [6, 6.07) is 37.1. The van der Waals surface area contributed by atoms with Gasteiger partial charge in [0, 0.05) is 102 Å². The third kappa shape index (κ3) is 18.2. The molecule has 2 N–H and O–H groups in total. The number of amides is 5. The molecule has 10 rings (SSSR count). The van der Waals surface area contributed by atoms with Gasteiger partial charge in [-0.05, 0) is 148 Å². The number of hydrogen-bond acceptors (Lipinski definition) is 11. The van der Waals surface area contributed by atoms with E-state index in [1.54, 1.807) is 40.9 Å². The number of unbranched alkanes of at least 4 members (excludes halogenated alkanes) is 2. The van der Waals surface area contributed by atoms with Crippen LogP contribution in [0.1, 0.15) is 113 Å². The summed E-state index contributed by atoms with van der Waals surface area (Å²) in [4.78, 5) is 77.5. The van der Waals surface area contributed by atoms with Gasteiger partial charge in [-0.1, -0.05) is 103 Å². The normalized spacial score (nSPS) is 18.1. The number of ether oxygens (including phenoxy) is 3. The Labute approximate surface area is 572 Å². The smallest absolute Gasteiger partial charge is 0.416 e. The molecule has 5 amide bonds. The molecule has 0 unspecified atom stereocenters. The van der Waals surface area contributed by atoms with E-state index in [1.165, 1.54) is 24.3 Å². The van der Waals surface area contributed by atoms with Gasteiger partial charge in [-0.2, -0.15) is 26.3 Å². The second kappa shape index (κ2) is 32.3. The number of fused-ring (bicyclic) bond motifs is 2. The average Bonchev–Trinajstić information content (AvgIpc) is 1.58. The molecule has 1 spiro atoms. The minimum Gasteiger partial charge on any atom is -0.446 e. The lowest BCUT2D eigenvalue weighted by Crippen LogP contribution is -2.50. The van der Waals surface area contributed by atoms with Crippen LogP contribution in [0, 0.1) is 5.82 Å². The largest absolute Gasteiger partial charge is 0.446 e. The van der Waals surface area contributed by atoms with Crippen molar-refractivity contribution in [2.45, 2.75) is 106 Å². The standard InChI is InChI=1S/C74H84ClF7N8O8/c1-85(34-14-35-87(3)69(94)61-27-26-58(47-63(61)75)83-33-13-5-8-21-66(91)86(2)41-42-88-36-28-59(29-37-88)98-70(95)84-64-20-12-10-18-60(64)51-15-6-4-7-16-51)67(92)48-96-65-45-52-17-9-11-19-62(52)71(65)30-38-89(39-31-71)40-32-72(54-22-24-57(76)25-23-54)49-90(50-97-72)68(93)53-43-55(73(77,78)79)46-56(44-53)74(80,81)82/h4,6-7,9-12,15-20,22-27,43-44,46-47,59,65,83H,5,8,13-14,21,28-42,45,48-50H2,1-3H3,(H,84,95)/t65-,72-/m0/s1. The number of para-hydroxylation sites is 1. The summed E-state index contributed by atoms with van der Waals surface area (Å²) in [5.41, 5.74) is 0.815. The number of carbonyl (C=O) groups excluding carboxylic acids is 5. The molecule has 1 aliphatic carbocycles. The summed E-state index contributed by atoms with van der Waals surface area (Å²) in [5, 5.41) is 6.60. The highest BCUT2D eigenvalue weighted by Gasteiger charge is 2.50. The monoisotopic (exact) mass is 1380 g/mol. The maximum Gasteiger partial charge on any atom is 0.416 e. The van der Waals surface area contributed by atoms with Crippen LogP contribution >= 0.6 is 11.6 Å². The van der Waals surface area contributed by atoms with Gasteiger partial charge in [-0.3, -0.25) is 24.5 Å². The highest BCUT2D eigenvalue weighted by Crippen LogP contribution is 2.49. The van der Waals surface area contributed by atoms with Crippen LogP contribution in [0.25, 0.3) is 11.1 Å². The van der Waals surface area contributed by atoms with E-state index in [1.807, 2.05) is 79.8 Å². The van der Waals surface area contributed by atoms with Crippen molar-refractivity contribution in [3.8, 4) is 11.1 Å². The van der Waals surface area contributed by atoms with Crippen LogP contribution in [-0.4, -0.2) is 178 Å². The molecule has 3 heterocycles. The highest BCUT2D eigenvalue weighted by atomic mass is 35.5. The number of hydrogen-bond donors (Lipinski definition) is 2. The molecule has 98 heavy (non-hydrogen) atoms. The van der Waals surface area contributed by atoms with Gasteiger partial charge < -0.3 is 48.9 Å². The van der Waals surface area contributed by atoms with E-state index in [9.17, 15) is 54.7 Å². The fourth-order valence-corrected chi connectivity index (χ4v) is 14.0. The van der Waals surface area contributed by atoms with Gasteiger partial charge in [0.2, 0.25) is 11.8 Å². The molecule has 16 nitrogen and oxygen atoms in total. The number of likely N-dealkylation sites (N-methyl/N-ethyl adjacent to an activating group) is 2. The first-order valence-electron chi connectivity index (χ1n) is 33.4. The van der Waals surface area contributed by atoms with Crippen LogP contribution in [0.2, 0.25) is 5.02 Å². The average molecular weight is 1380 g/mol. The van der Waals surface area contributed by atoms with Crippen molar-refractivity contribution in [2.75, 3.05) is 117 Å². The predicted molar refractivity (Wildman–Crippen MR) is 360 cm³/mol. The van der Waals surface area contributed by atoms with Crippen molar-refractivity contribution in [2.24, 2.45) is 0 Å². The van der Waals surface area contributed by atoms with Crippen molar-refractivity contribution in [1.29, 1.82) is 0 Å². The van der Waals surface area contributed by atoms with Crippen molar-refractivity contribution < 1.29 is 68.9 Å². The molecule has 0 bridgehead atoms. The summed E-state index contributed by atoms with van der Waals surface area (Å²) in [6.45, 7) is 5.07. The number of nitrogens with zero attached hydrogens (tertiary/aromatic N) is 6. The second-order valence-electron chi connectivity index (χ2n) is 26.1. The van der Waals surface area contributed by atoms with Gasteiger partial charge in [0.25, 0.3) is 11.8 Å². The summed E-state index contributed by atoms with van der Waals surface area (Å²) in [5.74, 6) is -1.98. The molecule has 6 aromatic rings. The number of halogens is 8. The molecule has 0 radical (unpaired) electrons. The van der Waals surface area contributed by atoms with Crippen molar-refractivity contribution in [3.05, 3.63) is 189 Å². The minimum absolute atomic E-state index is 0.0309. The van der Waals surface area contributed by atoms with E-state index in [0.29, 0.717) is 112 Å².